The number of aliphatic imine (C=N–C) groups is 1. The summed E-state index contributed by atoms with van der Waals surface area (Å²) in [7, 11) is 3.89. The molecule has 4 nitrogen and oxygen atoms in total. The molecule has 0 aliphatic carbocycles. The topological polar surface area (TPSA) is 36.9 Å². The first-order valence-corrected chi connectivity index (χ1v) is 7.35. The van der Waals surface area contributed by atoms with Crippen LogP contribution in [0.4, 0.5) is 0 Å². The van der Waals surface area contributed by atoms with E-state index in [0.29, 0.717) is 6.61 Å². The zero-order chi connectivity index (χ0) is 14.8. The van der Waals surface area contributed by atoms with Gasteiger partial charge in [0.15, 0.2) is 5.96 Å². The molecule has 0 aliphatic rings. The highest BCUT2D eigenvalue weighted by molar-refractivity contribution is 14.0. The maximum atomic E-state index is 5.63. The predicted octanol–water partition coefficient (Wildman–Crippen LogP) is 3.51. The average molecular weight is 405 g/mol. The Balaban J connectivity index is 0.00000400. The number of guanidine groups is 1. The Bertz CT molecular complexity index is 424. The summed E-state index contributed by atoms with van der Waals surface area (Å²) in [5.41, 5.74) is 1.15. The number of nitrogens with zero attached hydrogens (tertiary/aromatic N) is 2. The first-order valence-electron chi connectivity index (χ1n) is 7.35. The maximum absolute atomic E-state index is 5.63. The van der Waals surface area contributed by atoms with Gasteiger partial charge in [0.05, 0.1) is 6.61 Å². The van der Waals surface area contributed by atoms with Gasteiger partial charge < -0.3 is 15.0 Å². The molecule has 0 bridgehead atoms. The summed E-state index contributed by atoms with van der Waals surface area (Å²) in [4.78, 5) is 6.48. The first kappa shape index (κ1) is 20.0. The van der Waals surface area contributed by atoms with Crippen molar-refractivity contribution in [2.24, 2.45) is 4.99 Å². The number of para-hydroxylation sites is 1. The standard InChI is InChI=1S/C16H27N3O.HI/c1-5-7-12-19(4)16(17-3)18-13-14-10-8-9-11-15(14)20-6-2;/h8-11H,5-7,12-13H2,1-4H3,(H,17,18);1H. The van der Waals surface area contributed by atoms with E-state index in [2.05, 4.69) is 35.2 Å². The third-order valence-corrected chi connectivity index (χ3v) is 3.13. The molecule has 0 radical (unpaired) electrons. The third-order valence-electron chi connectivity index (χ3n) is 3.13. The van der Waals surface area contributed by atoms with Gasteiger partial charge in [-0.25, -0.2) is 0 Å². The van der Waals surface area contributed by atoms with Gasteiger partial charge in [0.2, 0.25) is 0 Å². The Morgan fingerprint density at radius 2 is 2.00 bits per heavy atom. The molecule has 0 saturated heterocycles. The van der Waals surface area contributed by atoms with E-state index >= 15 is 0 Å². The minimum atomic E-state index is 0. The molecule has 0 aromatic heterocycles. The van der Waals surface area contributed by atoms with E-state index in [0.717, 1.165) is 30.4 Å². The van der Waals surface area contributed by atoms with Crippen LogP contribution in [0.5, 0.6) is 5.75 Å². The Labute approximate surface area is 146 Å². The molecule has 0 atom stereocenters. The molecular formula is C16H28IN3O. The van der Waals surface area contributed by atoms with Crippen molar-refractivity contribution in [3.63, 3.8) is 0 Å². The Morgan fingerprint density at radius 1 is 1.29 bits per heavy atom. The summed E-state index contributed by atoms with van der Waals surface area (Å²) in [6.45, 7) is 6.62. The molecule has 1 N–H and O–H groups in total. The van der Waals surface area contributed by atoms with Gasteiger partial charge in [0.25, 0.3) is 0 Å². The van der Waals surface area contributed by atoms with Crippen molar-refractivity contribution >= 4 is 29.9 Å². The highest BCUT2D eigenvalue weighted by Gasteiger charge is 2.07. The maximum Gasteiger partial charge on any atom is 0.193 e. The molecule has 120 valence electrons. The Morgan fingerprint density at radius 3 is 2.62 bits per heavy atom. The van der Waals surface area contributed by atoms with E-state index in [1.165, 1.54) is 12.8 Å². The van der Waals surface area contributed by atoms with Crippen molar-refractivity contribution in [2.45, 2.75) is 33.2 Å². The second-order valence-electron chi connectivity index (χ2n) is 4.72. The molecule has 0 spiro atoms. The first-order chi connectivity index (χ1) is 9.72. The molecule has 5 heteroatoms. The molecule has 0 saturated carbocycles. The second kappa shape index (κ2) is 11.7. The van der Waals surface area contributed by atoms with Crippen LogP contribution >= 0.6 is 24.0 Å². The molecule has 1 rings (SSSR count). The summed E-state index contributed by atoms with van der Waals surface area (Å²) in [6, 6.07) is 8.11. The van der Waals surface area contributed by atoms with Crippen molar-refractivity contribution in [3.8, 4) is 5.75 Å². The monoisotopic (exact) mass is 405 g/mol. The number of hydrogen-bond acceptors (Lipinski definition) is 2. The summed E-state index contributed by atoms with van der Waals surface area (Å²) < 4.78 is 5.63. The van der Waals surface area contributed by atoms with Gasteiger partial charge in [-0.1, -0.05) is 31.5 Å². The van der Waals surface area contributed by atoms with E-state index in [4.69, 9.17) is 4.74 Å². The summed E-state index contributed by atoms with van der Waals surface area (Å²) in [5, 5.41) is 3.39. The molecule has 21 heavy (non-hydrogen) atoms. The minimum Gasteiger partial charge on any atom is -0.494 e. The van der Waals surface area contributed by atoms with Crippen LogP contribution in [-0.2, 0) is 6.54 Å². The number of ether oxygens (including phenoxy) is 1. The SMILES string of the molecule is CCCCN(C)C(=NC)NCc1ccccc1OCC.I. The molecular weight excluding hydrogens is 377 g/mol. The van der Waals surface area contributed by atoms with E-state index in [-0.39, 0.29) is 24.0 Å². The van der Waals surface area contributed by atoms with E-state index in [9.17, 15) is 0 Å². The lowest BCUT2D eigenvalue weighted by molar-refractivity contribution is 0.336. The summed E-state index contributed by atoms with van der Waals surface area (Å²) in [6.07, 6.45) is 2.36. The molecule has 0 heterocycles. The number of benzene rings is 1. The van der Waals surface area contributed by atoms with E-state index in [1.807, 2.05) is 32.2 Å². The number of unbranched alkanes of at least 4 members (excludes halogenated alkanes) is 1. The smallest absolute Gasteiger partial charge is 0.193 e. The van der Waals surface area contributed by atoms with E-state index < -0.39 is 0 Å². The lowest BCUT2D eigenvalue weighted by atomic mass is 10.2. The van der Waals surface area contributed by atoms with Gasteiger partial charge in [0.1, 0.15) is 5.75 Å². The molecule has 0 amide bonds. The van der Waals surface area contributed by atoms with Crippen molar-refractivity contribution < 1.29 is 4.74 Å². The third kappa shape index (κ3) is 7.02. The van der Waals surface area contributed by atoms with Gasteiger partial charge >= 0.3 is 0 Å². The van der Waals surface area contributed by atoms with Gasteiger partial charge in [-0.3, -0.25) is 4.99 Å². The van der Waals surface area contributed by atoms with E-state index in [1.54, 1.807) is 0 Å². The fraction of sp³-hybridized carbons (Fsp3) is 0.562. The molecule has 0 aliphatic heterocycles. The van der Waals surface area contributed by atoms with Crippen LogP contribution < -0.4 is 10.1 Å². The van der Waals surface area contributed by atoms with Crippen molar-refractivity contribution in [2.75, 3.05) is 27.2 Å². The lowest BCUT2D eigenvalue weighted by Crippen LogP contribution is -2.39. The summed E-state index contributed by atoms with van der Waals surface area (Å²) >= 11 is 0. The van der Waals surface area contributed by atoms with Crippen LogP contribution in [0.25, 0.3) is 0 Å². The van der Waals surface area contributed by atoms with Crippen molar-refractivity contribution in [1.82, 2.24) is 10.2 Å². The van der Waals surface area contributed by atoms with Gasteiger partial charge in [0, 0.05) is 32.7 Å². The van der Waals surface area contributed by atoms with Gasteiger partial charge in [-0.2, -0.15) is 0 Å². The normalized spacial score (nSPS) is 10.8. The molecule has 1 aromatic carbocycles. The predicted molar refractivity (Wildman–Crippen MR) is 101 cm³/mol. The average Bonchev–Trinajstić information content (AvgIpc) is 2.47. The zero-order valence-corrected chi connectivity index (χ0v) is 15.9. The lowest BCUT2D eigenvalue weighted by Gasteiger charge is -2.22. The molecule has 0 fully saturated rings. The van der Waals surface area contributed by atoms with Gasteiger partial charge in [-0.05, 0) is 19.4 Å². The van der Waals surface area contributed by atoms with Crippen LogP contribution in [0.2, 0.25) is 0 Å². The Hall–Kier alpha value is -0.980. The molecule has 1 aromatic rings. The second-order valence-corrected chi connectivity index (χ2v) is 4.72. The quantitative estimate of drug-likeness (QED) is 0.429. The minimum absolute atomic E-state index is 0. The molecule has 0 unspecified atom stereocenters. The van der Waals surface area contributed by atoms with Crippen LogP contribution in [0, 0.1) is 0 Å². The van der Waals surface area contributed by atoms with Crippen molar-refractivity contribution in [1.29, 1.82) is 0 Å². The fourth-order valence-corrected chi connectivity index (χ4v) is 2.01. The zero-order valence-electron chi connectivity index (χ0n) is 13.6. The van der Waals surface area contributed by atoms with Crippen LogP contribution in [0.3, 0.4) is 0 Å². The van der Waals surface area contributed by atoms with Crippen LogP contribution in [0.1, 0.15) is 32.3 Å². The fourth-order valence-electron chi connectivity index (χ4n) is 2.01. The van der Waals surface area contributed by atoms with Gasteiger partial charge in [-0.15, -0.1) is 24.0 Å². The number of hydrogen-bond donors (Lipinski definition) is 1. The summed E-state index contributed by atoms with van der Waals surface area (Å²) in [5.74, 6) is 1.86. The van der Waals surface area contributed by atoms with Crippen molar-refractivity contribution in [3.05, 3.63) is 29.8 Å². The highest BCUT2D eigenvalue weighted by Crippen LogP contribution is 2.17. The van der Waals surface area contributed by atoms with Crippen LogP contribution in [-0.4, -0.2) is 38.1 Å². The number of nitrogens with one attached hydrogen (secondary N) is 1. The number of halogens is 1. The Kier molecular flexibility index (Phi) is 11.1. The number of rotatable bonds is 7. The largest absolute Gasteiger partial charge is 0.494 e. The van der Waals surface area contributed by atoms with Crippen LogP contribution in [0.15, 0.2) is 29.3 Å². The highest BCUT2D eigenvalue weighted by atomic mass is 127.